The maximum absolute atomic E-state index is 12.2. The zero-order chi connectivity index (χ0) is 9.35. The third-order valence-corrected chi connectivity index (χ3v) is 2.08. The number of halogens is 3. The summed E-state index contributed by atoms with van der Waals surface area (Å²) < 4.78 is 36.6. The molecule has 0 radical (unpaired) electrons. The molecule has 1 aliphatic rings. The summed E-state index contributed by atoms with van der Waals surface area (Å²) in [7, 11) is 0. The lowest BCUT2D eigenvalue weighted by atomic mass is 9.86. The Hall–Kier alpha value is -0.670. The highest BCUT2D eigenvalue weighted by atomic mass is 19.4. The highest BCUT2D eigenvalue weighted by Crippen LogP contribution is 2.37. The van der Waals surface area contributed by atoms with Crippen LogP contribution in [0.2, 0.25) is 0 Å². The van der Waals surface area contributed by atoms with Gasteiger partial charge in [-0.05, 0) is 18.8 Å². The normalized spacial score (nSPS) is 31.5. The molecule has 0 saturated heterocycles. The minimum Gasteiger partial charge on any atom is -0.402 e. The van der Waals surface area contributed by atoms with Crippen LogP contribution in [0.25, 0.3) is 0 Å². The molecule has 0 bridgehead atoms. The van der Waals surface area contributed by atoms with Crippen molar-refractivity contribution in [3.63, 3.8) is 0 Å². The first-order chi connectivity index (χ1) is 5.39. The summed E-state index contributed by atoms with van der Waals surface area (Å²) in [5, 5.41) is 0. The van der Waals surface area contributed by atoms with Crippen molar-refractivity contribution in [2.45, 2.75) is 25.9 Å². The van der Waals surface area contributed by atoms with E-state index in [1.807, 2.05) is 0 Å². The fraction of sp³-hybridized carbons (Fsp3) is 0.750. The van der Waals surface area contributed by atoms with Crippen LogP contribution in [0.15, 0.2) is 11.8 Å². The van der Waals surface area contributed by atoms with Gasteiger partial charge in [0.05, 0.1) is 5.92 Å². The monoisotopic (exact) mass is 179 g/mol. The van der Waals surface area contributed by atoms with Crippen LogP contribution < -0.4 is 5.73 Å². The molecule has 0 spiro atoms. The van der Waals surface area contributed by atoms with Gasteiger partial charge in [-0.3, -0.25) is 0 Å². The fourth-order valence-corrected chi connectivity index (χ4v) is 1.54. The summed E-state index contributed by atoms with van der Waals surface area (Å²) in [6.45, 7) is 1.79. The molecule has 0 fully saturated rings. The summed E-state index contributed by atoms with van der Waals surface area (Å²) in [6, 6.07) is 0. The Balaban J connectivity index is 2.73. The number of hydrogen-bond donors (Lipinski definition) is 1. The molecule has 2 N–H and O–H groups in total. The van der Waals surface area contributed by atoms with Crippen molar-refractivity contribution in [2.24, 2.45) is 17.6 Å². The lowest BCUT2D eigenvalue weighted by Gasteiger charge is -2.26. The van der Waals surface area contributed by atoms with Crippen LogP contribution in [0.1, 0.15) is 19.8 Å². The van der Waals surface area contributed by atoms with Crippen LogP contribution in [-0.4, -0.2) is 6.18 Å². The molecule has 2 atom stereocenters. The smallest absolute Gasteiger partial charge is 0.395 e. The first-order valence-corrected chi connectivity index (χ1v) is 3.92. The highest BCUT2D eigenvalue weighted by Gasteiger charge is 2.40. The molecule has 0 amide bonds. The van der Waals surface area contributed by atoms with Crippen molar-refractivity contribution in [3.05, 3.63) is 11.8 Å². The second kappa shape index (κ2) is 2.99. The maximum atomic E-state index is 12.2. The van der Waals surface area contributed by atoms with Crippen molar-refractivity contribution in [3.8, 4) is 0 Å². The molecule has 0 saturated carbocycles. The van der Waals surface area contributed by atoms with Crippen LogP contribution in [0.3, 0.4) is 0 Å². The molecular weight excluding hydrogens is 167 g/mol. The summed E-state index contributed by atoms with van der Waals surface area (Å²) in [5.41, 5.74) is 5.74. The second-order valence-electron chi connectivity index (χ2n) is 3.43. The van der Waals surface area contributed by atoms with Crippen LogP contribution in [0, 0.1) is 11.8 Å². The Morgan fingerprint density at radius 2 is 2.08 bits per heavy atom. The summed E-state index contributed by atoms with van der Waals surface area (Å²) in [6.07, 6.45) is -2.23. The van der Waals surface area contributed by atoms with Gasteiger partial charge in [0.2, 0.25) is 0 Å². The predicted octanol–water partition coefficient (Wildman–Crippen LogP) is 2.44. The van der Waals surface area contributed by atoms with E-state index >= 15 is 0 Å². The van der Waals surface area contributed by atoms with E-state index in [-0.39, 0.29) is 12.3 Å². The third kappa shape index (κ3) is 2.16. The number of nitrogens with two attached hydrogens (primary N) is 1. The highest BCUT2D eigenvalue weighted by molar-refractivity contribution is 5.07. The van der Waals surface area contributed by atoms with E-state index < -0.39 is 12.1 Å². The van der Waals surface area contributed by atoms with Crippen molar-refractivity contribution < 1.29 is 13.2 Å². The van der Waals surface area contributed by atoms with Crippen LogP contribution in [-0.2, 0) is 0 Å². The van der Waals surface area contributed by atoms with Crippen molar-refractivity contribution in [2.75, 3.05) is 0 Å². The van der Waals surface area contributed by atoms with Crippen molar-refractivity contribution in [1.82, 2.24) is 0 Å². The Labute approximate surface area is 69.4 Å². The molecule has 12 heavy (non-hydrogen) atoms. The fourth-order valence-electron chi connectivity index (χ4n) is 1.54. The number of allylic oxidation sites excluding steroid dienone is 2. The number of hydrogen-bond acceptors (Lipinski definition) is 1. The summed E-state index contributed by atoms with van der Waals surface area (Å²) >= 11 is 0. The van der Waals surface area contributed by atoms with E-state index in [2.05, 4.69) is 0 Å². The zero-order valence-corrected chi connectivity index (χ0v) is 6.86. The molecule has 2 unspecified atom stereocenters. The SMILES string of the molecule is CC1CC(N)=CC(C(F)(F)F)C1. The lowest BCUT2D eigenvalue weighted by molar-refractivity contribution is -0.166. The molecule has 1 aliphatic carbocycles. The maximum Gasteiger partial charge on any atom is 0.395 e. The Kier molecular flexibility index (Phi) is 2.35. The standard InChI is InChI=1S/C8H12F3N/c1-5-2-6(8(9,10)11)4-7(12)3-5/h4-6H,2-3,12H2,1H3. The van der Waals surface area contributed by atoms with Gasteiger partial charge >= 0.3 is 6.18 Å². The molecule has 4 heteroatoms. The van der Waals surface area contributed by atoms with E-state index in [0.717, 1.165) is 6.08 Å². The minimum atomic E-state index is -4.13. The van der Waals surface area contributed by atoms with E-state index in [1.54, 1.807) is 6.92 Å². The molecule has 1 nitrogen and oxygen atoms in total. The van der Waals surface area contributed by atoms with E-state index in [0.29, 0.717) is 12.1 Å². The largest absolute Gasteiger partial charge is 0.402 e. The average Bonchev–Trinajstić information content (AvgIpc) is 1.82. The first-order valence-electron chi connectivity index (χ1n) is 3.92. The zero-order valence-electron chi connectivity index (χ0n) is 6.86. The second-order valence-corrected chi connectivity index (χ2v) is 3.43. The van der Waals surface area contributed by atoms with Crippen molar-refractivity contribution in [1.29, 1.82) is 0 Å². The van der Waals surface area contributed by atoms with Gasteiger partial charge < -0.3 is 5.73 Å². The Bertz CT molecular complexity index is 195. The van der Waals surface area contributed by atoms with E-state index in [1.165, 1.54) is 0 Å². The molecule has 70 valence electrons. The van der Waals surface area contributed by atoms with Gasteiger partial charge in [-0.1, -0.05) is 13.0 Å². The topological polar surface area (TPSA) is 26.0 Å². The van der Waals surface area contributed by atoms with Crippen LogP contribution in [0.4, 0.5) is 13.2 Å². The molecule has 0 aromatic heterocycles. The summed E-state index contributed by atoms with van der Waals surface area (Å²) in [4.78, 5) is 0. The van der Waals surface area contributed by atoms with Gasteiger partial charge in [-0.15, -0.1) is 0 Å². The van der Waals surface area contributed by atoms with E-state index in [9.17, 15) is 13.2 Å². The average molecular weight is 179 g/mol. The van der Waals surface area contributed by atoms with Gasteiger partial charge in [0.1, 0.15) is 0 Å². The van der Waals surface area contributed by atoms with Crippen LogP contribution in [0.5, 0.6) is 0 Å². The van der Waals surface area contributed by atoms with Crippen molar-refractivity contribution >= 4 is 0 Å². The lowest BCUT2D eigenvalue weighted by Crippen LogP contribution is -2.27. The minimum absolute atomic E-state index is 0.0432. The number of alkyl halides is 3. The molecular formula is C8H12F3N. The molecule has 0 heterocycles. The van der Waals surface area contributed by atoms with Gasteiger partial charge in [-0.25, -0.2) is 0 Å². The molecule has 1 rings (SSSR count). The quantitative estimate of drug-likeness (QED) is 0.607. The number of rotatable bonds is 0. The first kappa shape index (κ1) is 9.42. The molecule has 0 aromatic carbocycles. The van der Waals surface area contributed by atoms with Crippen LogP contribution >= 0.6 is 0 Å². The van der Waals surface area contributed by atoms with Gasteiger partial charge in [0, 0.05) is 5.70 Å². The third-order valence-electron chi connectivity index (χ3n) is 2.08. The van der Waals surface area contributed by atoms with E-state index in [4.69, 9.17) is 5.73 Å². The molecule has 0 aliphatic heterocycles. The molecule has 0 aromatic rings. The van der Waals surface area contributed by atoms with Gasteiger partial charge in [-0.2, -0.15) is 13.2 Å². The Morgan fingerprint density at radius 3 is 2.50 bits per heavy atom. The van der Waals surface area contributed by atoms with Gasteiger partial charge in [0.15, 0.2) is 0 Å². The van der Waals surface area contributed by atoms with Gasteiger partial charge in [0.25, 0.3) is 0 Å². The summed E-state index contributed by atoms with van der Waals surface area (Å²) in [5.74, 6) is -1.29. The Morgan fingerprint density at radius 1 is 1.50 bits per heavy atom. The predicted molar refractivity (Wildman–Crippen MR) is 40.2 cm³/mol.